The van der Waals surface area contributed by atoms with E-state index in [-0.39, 0.29) is 11.9 Å². The van der Waals surface area contributed by atoms with Crippen molar-refractivity contribution in [3.05, 3.63) is 52.8 Å². The van der Waals surface area contributed by atoms with Crippen LogP contribution in [-0.2, 0) is 13.1 Å². The van der Waals surface area contributed by atoms with Crippen molar-refractivity contribution in [2.75, 3.05) is 13.6 Å². The third-order valence-electron chi connectivity index (χ3n) is 4.81. The number of nitrogens with zero attached hydrogens (tertiary/aromatic N) is 3. The number of guanidine groups is 1. The van der Waals surface area contributed by atoms with Gasteiger partial charge in [0, 0.05) is 44.0 Å². The molecular weight excluding hydrogens is 364 g/mol. The number of amides is 1. The predicted molar refractivity (Wildman–Crippen MR) is 118 cm³/mol. The smallest absolute Gasteiger partial charge is 0.251 e. The van der Waals surface area contributed by atoms with E-state index in [9.17, 15) is 4.79 Å². The summed E-state index contributed by atoms with van der Waals surface area (Å²) in [6, 6.07) is 9.93. The van der Waals surface area contributed by atoms with E-state index in [0.717, 1.165) is 43.1 Å². The fourth-order valence-electron chi connectivity index (χ4n) is 2.98. The van der Waals surface area contributed by atoms with Gasteiger partial charge in [-0.25, -0.2) is 0 Å². The largest absolute Gasteiger partial charge is 0.356 e. The highest BCUT2D eigenvalue weighted by atomic mass is 16.1. The number of hydrogen-bond donors (Lipinski definition) is 3. The maximum Gasteiger partial charge on any atom is 0.251 e. The summed E-state index contributed by atoms with van der Waals surface area (Å²) in [5.74, 6) is 0.709. The SMILES string of the molecule is CCC(C)NC(=O)c1cccc(CNC(=NC)NCCCn2nc(C)cc2C)c1. The van der Waals surface area contributed by atoms with Gasteiger partial charge in [0.25, 0.3) is 5.91 Å². The molecule has 29 heavy (non-hydrogen) atoms. The van der Waals surface area contributed by atoms with Gasteiger partial charge in [0.05, 0.1) is 5.69 Å². The van der Waals surface area contributed by atoms with Gasteiger partial charge in [-0.3, -0.25) is 14.5 Å². The second kappa shape index (κ2) is 11.2. The molecule has 1 unspecified atom stereocenters. The highest BCUT2D eigenvalue weighted by molar-refractivity contribution is 5.94. The highest BCUT2D eigenvalue weighted by Crippen LogP contribution is 2.06. The zero-order valence-electron chi connectivity index (χ0n) is 18.2. The van der Waals surface area contributed by atoms with E-state index in [1.165, 1.54) is 5.69 Å². The van der Waals surface area contributed by atoms with E-state index in [4.69, 9.17) is 0 Å². The first-order valence-corrected chi connectivity index (χ1v) is 10.3. The van der Waals surface area contributed by atoms with Crippen LogP contribution in [-0.4, -0.2) is 41.3 Å². The number of rotatable bonds is 9. The summed E-state index contributed by atoms with van der Waals surface area (Å²) >= 11 is 0. The average Bonchev–Trinajstić information content (AvgIpc) is 3.04. The average molecular weight is 399 g/mol. The summed E-state index contributed by atoms with van der Waals surface area (Å²) in [4.78, 5) is 16.6. The van der Waals surface area contributed by atoms with E-state index in [1.54, 1.807) is 7.05 Å². The normalized spacial score (nSPS) is 12.5. The van der Waals surface area contributed by atoms with Crippen molar-refractivity contribution < 1.29 is 4.79 Å². The van der Waals surface area contributed by atoms with Crippen LogP contribution in [0.2, 0.25) is 0 Å². The van der Waals surface area contributed by atoms with Crippen molar-refractivity contribution in [1.29, 1.82) is 0 Å². The Labute approximate surface area is 174 Å². The summed E-state index contributed by atoms with van der Waals surface area (Å²) < 4.78 is 2.03. The van der Waals surface area contributed by atoms with Crippen LogP contribution in [0.4, 0.5) is 0 Å². The van der Waals surface area contributed by atoms with Gasteiger partial charge >= 0.3 is 0 Å². The molecule has 0 aliphatic carbocycles. The number of aryl methyl sites for hydroxylation is 3. The van der Waals surface area contributed by atoms with Crippen molar-refractivity contribution in [3.8, 4) is 0 Å². The Morgan fingerprint density at radius 3 is 2.69 bits per heavy atom. The van der Waals surface area contributed by atoms with Gasteiger partial charge in [-0.15, -0.1) is 0 Å². The number of aliphatic imine (C=N–C) groups is 1. The van der Waals surface area contributed by atoms with Crippen LogP contribution in [0, 0.1) is 13.8 Å². The topological polar surface area (TPSA) is 83.3 Å². The molecule has 0 radical (unpaired) electrons. The quantitative estimate of drug-likeness (QED) is 0.345. The van der Waals surface area contributed by atoms with Gasteiger partial charge in [-0.1, -0.05) is 19.1 Å². The summed E-state index contributed by atoms with van der Waals surface area (Å²) in [6.07, 6.45) is 1.86. The number of hydrogen-bond acceptors (Lipinski definition) is 3. The molecule has 0 saturated heterocycles. The van der Waals surface area contributed by atoms with Crippen LogP contribution in [0.25, 0.3) is 0 Å². The van der Waals surface area contributed by atoms with Gasteiger partial charge in [0.1, 0.15) is 0 Å². The van der Waals surface area contributed by atoms with E-state index in [2.05, 4.69) is 46.0 Å². The zero-order valence-corrected chi connectivity index (χ0v) is 18.2. The molecule has 1 atom stereocenters. The molecule has 0 aliphatic rings. The van der Waals surface area contributed by atoms with Crippen molar-refractivity contribution in [3.63, 3.8) is 0 Å². The Kier molecular flexibility index (Phi) is 8.70. The molecule has 1 amide bonds. The molecule has 2 aromatic rings. The Bertz CT molecular complexity index is 826. The van der Waals surface area contributed by atoms with Gasteiger partial charge in [-0.2, -0.15) is 5.10 Å². The Morgan fingerprint density at radius 1 is 1.24 bits per heavy atom. The molecule has 0 fully saturated rings. The molecule has 0 bridgehead atoms. The third kappa shape index (κ3) is 7.25. The minimum atomic E-state index is -0.0344. The number of nitrogens with one attached hydrogen (secondary N) is 3. The third-order valence-corrected chi connectivity index (χ3v) is 4.81. The lowest BCUT2D eigenvalue weighted by Gasteiger charge is -2.14. The van der Waals surface area contributed by atoms with Crippen molar-refractivity contribution in [2.45, 2.75) is 59.7 Å². The molecule has 0 aliphatic heterocycles. The minimum Gasteiger partial charge on any atom is -0.356 e. The van der Waals surface area contributed by atoms with Crippen molar-refractivity contribution in [2.24, 2.45) is 4.99 Å². The molecule has 7 nitrogen and oxygen atoms in total. The van der Waals surface area contributed by atoms with Gasteiger partial charge in [0.15, 0.2) is 5.96 Å². The minimum absolute atomic E-state index is 0.0344. The zero-order chi connectivity index (χ0) is 21.2. The second-order valence-corrected chi connectivity index (χ2v) is 7.34. The number of benzene rings is 1. The molecule has 158 valence electrons. The molecule has 1 aromatic carbocycles. The van der Waals surface area contributed by atoms with Crippen molar-refractivity contribution in [1.82, 2.24) is 25.7 Å². The van der Waals surface area contributed by atoms with Crippen molar-refractivity contribution >= 4 is 11.9 Å². The second-order valence-electron chi connectivity index (χ2n) is 7.34. The van der Waals surface area contributed by atoms with Crippen LogP contribution in [0.1, 0.15) is 54.0 Å². The van der Waals surface area contributed by atoms with Gasteiger partial charge in [-0.05, 0) is 57.4 Å². The first-order valence-electron chi connectivity index (χ1n) is 10.3. The maximum absolute atomic E-state index is 12.3. The Hall–Kier alpha value is -2.83. The van der Waals surface area contributed by atoms with E-state index >= 15 is 0 Å². The van der Waals surface area contributed by atoms with E-state index in [0.29, 0.717) is 12.1 Å². The van der Waals surface area contributed by atoms with E-state index < -0.39 is 0 Å². The summed E-state index contributed by atoms with van der Waals surface area (Å²) in [5.41, 5.74) is 3.94. The highest BCUT2D eigenvalue weighted by Gasteiger charge is 2.09. The van der Waals surface area contributed by atoms with Crippen LogP contribution in [0.3, 0.4) is 0 Å². The van der Waals surface area contributed by atoms with Crippen LogP contribution >= 0.6 is 0 Å². The van der Waals surface area contributed by atoms with Crippen LogP contribution < -0.4 is 16.0 Å². The lowest BCUT2D eigenvalue weighted by atomic mass is 10.1. The number of carbonyl (C=O) groups is 1. The summed E-state index contributed by atoms with van der Waals surface area (Å²) in [6.45, 7) is 10.4. The molecule has 0 saturated carbocycles. The predicted octanol–water partition coefficient (Wildman–Crippen LogP) is 2.78. The summed E-state index contributed by atoms with van der Waals surface area (Å²) in [5, 5.41) is 14.1. The lowest BCUT2D eigenvalue weighted by Crippen LogP contribution is -2.37. The first kappa shape index (κ1) is 22.5. The number of carbonyl (C=O) groups excluding carboxylic acids is 1. The van der Waals surface area contributed by atoms with E-state index in [1.807, 2.05) is 42.8 Å². The lowest BCUT2D eigenvalue weighted by molar-refractivity contribution is 0.0939. The maximum atomic E-state index is 12.3. The molecule has 2 rings (SSSR count). The molecule has 7 heteroatoms. The summed E-state index contributed by atoms with van der Waals surface area (Å²) in [7, 11) is 1.76. The standard InChI is InChI=1S/C22H34N6O/c1-6-16(2)26-21(29)20-10-7-9-19(14-20)15-25-22(23-5)24-11-8-12-28-18(4)13-17(3)27-28/h7,9-10,13-14,16H,6,8,11-12,15H2,1-5H3,(H,26,29)(H2,23,24,25). The molecule has 0 spiro atoms. The molecule has 3 N–H and O–H groups in total. The molecule has 1 aromatic heterocycles. The fraction of sp³-hybridized carbons (Fsp3) is 0.500. The number of aromatic nitrogens is 2. The Balaban J connectivity index is 1.79. The van der Waals surface area contributed by atoms with Crippen LogP contribution in [0.15, 0.2) is 35.3 Å². The molecular formula is C22H34N6O. The van der Waals surface area contributed by atoms with Gasteiger partial charge < -0.3 is 16.0 Å². The fourth-order valence-corrected chi connectivity index (χ4v) is 2.98. The van der Waals surface area contributed by atoms with Crippen LogP contribution in [0.5, 0.6) is 0 Å². The monoisotopic (exact) mass is 398 g/mol. The first-order chi connectivity index (χ1) is 13.9. The molecule has 1 heterocycles. The Morgan fingerprint density at radius 2 is 2.03 bits per heavy atom. The van der Waals surface area contributed by atoms with Gasteiger partial charge in [0.2, 0.25) is 0 Å².